The van der Waals surface area contributed by atoms with Crippen LogP contribution in [0.4, 0.5) is 16.2 Å². The van der Waals surface area contributed by atoms with Gasteiger partial charge in [0, 0.05) is 11.9 Å². The molecule has 22 heavy (non-hydrogen) atoms. The molecular formula is C17H14N4O. The predicted octanol–water partition coefficient (Wildman–Crippen LogP) is 3.62. The first-order valence-corrected chi connectivity index (χ1v) is 7.07. The van der Waals surface area contributed by atoms with Gasteiger partial charge in [-0.3, -0.25) is 5.10 Å². The zero-order valence-corrected chi connectivity index (χ0v) is 11.8. The maximum absolute atomic E-state index is 11.9. The minimum atomic E-state index is -0.281. The van der Waals surface area contributed by atoms with E-state index in [-0.39, 0.29) is 6.03 Å². The molecule has 3 N–H and O–H groups in total. The number of nitrogens with zero attached hydrogens (tertiary/aromatic N) is 1. The van der Waals surface area contributed by atoms with E-state index in [1.54, 1.807) is 12.4 Å². The monoisotopic (exact) mass is 290 g/mol. The molecule has 2 aromatic carbocycles. The van der Waals surface area contributed by atoms with Gasteiger partial charge in [0.2, 0.25) is 0 Å². The number of hydrogen-bond donors (Lipinski definition) is 3. The summed E-state index contributed by atoms with van der Waals surface area (Å²) < 4.78 is 0. The van der Waals surface area contributed by atoms with Crippen LogP contribution < -0.4 is 10.6 Å². The molecule has 2 amide bonds. The first-order valence-electron chi connectivity index (χ1n) is 7.07. The van der Waals surface area contributed by atoms with Gasteiger partial charge in [0.1, 0.15) is 0 Å². The lowest BCUT2D eigenvalue weighted by molar-refractivity contribution is 0.262. The minimum absolute atomic E-state index is 0.281. The van der Waals surface area contributed by atoms with Crippen LogP contribution in [0.2, 0.25) is 0 Å². The van der Waals surface area contributed by atoms with E-state index in [0.717, 1.165) is 12.1 Å². The highest BCUT2D eigenvalue weighted by atomic mass is 16.2. The quantitative estimate of drug-likeness (QED) is 0.527. The zero-order valence-electron chi connectivity index (χ0n) is 11.8. The number of anilines is 2. The molecule has 0 saturated heterocycles. The standard InChI is InChI=1S/C17H14N4O/c22-17(21-14-9-18-19-10-14)20-13-5-6-16-12(8-13)7-11-3-1-2-4-15(11)16/h1-6,8-10H,7H2,(H,18,19)(H2,20,21,22). The van der Waals surface area contributed by atoms with Crippen LogP contribution in [0.5, 0.6) is 0 Å². The van der Waals surface area contributed by atoms with Crippen molar-refractivity contribution in [1.82, 2.24) is 10.2 Å². The molecule has 1 aliphatic rings. The van der Waals surface area contributed by atoms with Gasteiger partial charge in [-0.25, -0.2) is 4.79 Å². The first-order chi connectivity index (χ1) is 10.8. The molecule has 0 aliphatic heterocycles. The molecule has 3 aromatic rings. The predicted molar refractivity (Wildman–Crippen MR) is 85.9 cm³/mol. The summed E-state index contributed by atoms with van der Waals surface area (Å²) in [6, 6.07) is 14.1. The number of hydrogen-bond acceptors (Lipinski definition) is 2. The molecule has 0 atom stereocenters. The molecule has 0 unspecified atom stereocenters. The van der Waals surface area contributed by atoms with Crippen LogP contribution in [0.15, 0.2) is 54.9 Å². The van der Waals surface area contributed by atoms with Crippen LogP contribution in [0.3, 0.4) is 0 Å². The Labute approximate surface area is 127 Å². The van der Waals surface area contributed by atoms with E-state index in [0.29, 0.717) is 5.69 Å². The zero-order chi connectivity index (χ0) is 14.9. The summed E-state index contributed by atoms with van der Waals surface area (Å²) in [6.07, 6.45) is 4.09. The van der Waals surface area contributed by atoms with E-state index in [9.17, 15) is 4.79 Å². The van der Waals surface area contributed by atoms with Gasteiger partial charge in [0.05, 0.1) is 11.9 Å². The summed E-state index contributed by atoms with van der Waals surface area (Å²) in [4.78, 5) is 11.9. The van der Waals surface area contributed by atoms with Gasteiger partial charge >= 0.3 is 6.03 Å². The number of carbonyl (C=O) groups excluding carboxylic acids is 1. The van der Waals surface area contributed by atoms with Gasteiger partial charge in [-0.1, -0.05) is 30.3 Å². The third kappa shape index (κ3) is 2.22. The molecule has 0 spiro atoms. The Morgan fingerprint density at radius 1 is 1.00 bits per heavy atom. The van der Waals surface area contributed by atoms with Crippen LogP contribution in [0.1, 0.15) is 11.1 Å². The summed E-state index contributed by atoms with van der Waals surface area (Å²) in [5.74, 6) is 0. The Balaban J connectivity index is 1.53. The molecule has 1 heterocycles. The second-order valence-electron chi connectivity index (χ2n) is 5.27. The van der Waals surface area contributed by atoms with Crippen LogP contribution in [0.25, 0.3) is 11.1 Å². The van der Waals surface area contributed by atoms with Crippen molar-refractivity contribution in [3.8, 4) is 11.1 Å². The normalized spacial score (nSPS) is 11.6. The number of aromatic amines is 1. The van der Waals surface area contributed by atoms with Crippen molar-refractivity contribution in [3.05, 3.63) is 66.0 Å². The topological polar surface area (TPSA) is 69.8 Å². The number of aromatic nitrogens is 2. The lowest BCUT2D eigenvalue weighted by Gasteiger charge is -2.08. The Kier molecular flexibility index (Phi) is 2.89. The molecule has 1 aliphatic carbocycles. The third-order valence-corrected chi connectivity index (χ3v) is 3.81. The summed E-state index contributed by atoms with van der Waals surface area (Å²) in [5.41, 5.74) is 6.52. The number of amides is 2. The fourth-order valence-electron chi connectivity index (χ4n) is 2.84. The van der Waals surface area contributed by atoms with Crippen molar-refractivity contribution in [2.24, 2.45) is 0 Å². The second-order valence-corrected chi connectivity index (χ2v) is 5.27. The number of carbonyl (C=O) groups is 1. The van der Waals surface area contributed by atoms with E-state index < -0.39 is 0 Å². The van der Waals surface area contributed by atoms with Crippen molar-refractivity contribution in [2.45, 2.75) is 6.42 Å². The molecule has 0 bridgehead atoms. The highest BCUT2D eigenvalue weighted by Gasteiger charge is 2.18. The highest BCUT2D eigenvalue weighted by molar-refractivity contribution is 6.00. The Morgan fingerprint density at radius 2 is 1.82 bits per heavy atom. The van der Waals surface area contributed by atoms with E-state index in [2.05, 4.69) is 51.2 Å². The van der Waals surface area contributed by atoms with Crippen molar-refractivity contribution < 1.29 is 4.79 Å². The number of nitrogens with one attached hydrogen (secondary N) is 3. The Morgan fingerprint density at radius 3 is 2.68 bits per heavy atom. The van der Waals surface area contributed by atoms with Crippen molar-refractivity contribution in [1.29, 1.82) is 0 Å². The van der Waals surface area contributed by atoms with Crippen molar-refractivity contribution >= 4 is 17.4 Å². The van der Waals surface area contributed by atoms with Crippen molar-refractivity contribution in [3.63, 3.8) is 0 Å². The van der Waals surface area contributed by atoms with Crippen molar-refractivity contribution in [2.75, 3.05) is 10.6 Å². The fourth-order valence-corrected chi connectivity index (χ4v) is 2.84. The van der Waals surface area contributed by atoms with E-state index >= 15 is 0 Å². The Bertz CT molecular complexity index is 840. The lowest BCUT2D eigenvalue weighted by Crippen LogP contribution is -2.19. The SMILES string of the molecule is O=C(Nc1cn[nH]c1)Nc1ccc2c(c1)Cc1ccccc1-2. The van der Waals surface area contributed by atoms with E-state index in [1.165, 1.54) is 22.3 Å². The average Bonchev–Trinajstić information content (AvgIpc) is 3.13. The largest absolute Gasteiger partial charge is 0.323 e. The summed E-state index contributed by atoms with van der Waals surface area (Å²) >= 11 is 0. The van der Waals surface area contributed by atoms with Gasteiger partial charge in [-0.05, 0) is 40.8 Å². The van der Waals surface area contributed by atoms with Gasteiger partial charge < -0.3 is 10.6 Å². The van der Waals surface area contributed by atoms with Crippen LogP contribution in [-0.4, -0.2) is 16.2 Å². The lowest BCUT2D eigenvalue weighted by atomic mass is 10.1. The number of urea groups is 1. The molecule has 0 saturated carbocycles. The molecule has 5 nitrogen and oxygen atoms in total. The fraction of sp³-hybridized carbons (Fsp3) is 0.0588. The Hall–Kier alpha value is -3.08. The number of fused-ring (bicyclic) bond motifs is 3. The summed E-state index contributed by atoms with van der Waals surface area (Å²) in [7, 11) is 0. The molecule has 108 valence electrons. The van der Waals surface area contributed by atoms with Gasteiger partial charge in [-0.2, -0.15) is 5.10 Å². The highest BCUT2D eigenvalue weighted by Crippen LogP contribution is 2.37. The molecule has 4 rings (SSSR count). The molecule has 1 aromatic heterocycles. The van der Waals surface area contributed by atoms with E-state index in [1.807, 2.05) is 12.1 Å². The molecular weight excluding hydrogens is 276 g/mol. The summed E-state index contributed by atoms with van der Waals surface area (Å²) in [6.45, 7) is 0. The van der Waals surface area contributed by atoms with Crippen LogP contribution in [-0.2, 0) is 6.42 Å². The average molecular weight is 290 g/mol. The third-order valence-electron chi connectivity index (χ3n) is 3.81. The molecule has 0 fully saturated rings. The first kappa shape index (κ1) is 12.6. The second kappa shape index (κ2) is 5.04. The van der Waals surface area contributed by atoms with Crippen LogP contribution >= 0.6 is 0 Å². The smallest absolute Gasteiger partial charge is 0.308 e. The van der Waals surface area contributed by atoms with E-state index in [4.69, 9.17) is 0 Å². The number of rotatable bonds is 2. The molecule has 5 heteroatoms. The van der Waals surface area contributed by atoms with Gasteiger partial charge in [0.15, 0.2) is 0 Å². The maximum atomic E-state index is 11.9. The maximum Gasteiger partial charge on any atom is 0.323 e. The summed E-state index contributed by atoms with van der Waals surface area (Å²) in [5, 5.41) is 12.0. The van der Waals surface area contributed by atoms with Crippen LogP contribution in [0, 0.1) is 0 Å². The minimum Gasteiger partial charge on any atom is -0.308 e. The molecule has 0 radical (unpaired) electrons. The van der Waals surface area contributed by atoms with Gasteiger partial charge in [-0.15, -0.1) is 0 Å². The number of H-pyrrole nitrogens is 1. The van der Waals surface area contributed by atoms with Gasteiger partial charge in [0.25, 0.3) is 0 Å². The number of benzene rings is 2.